The van der Waals surface area contributed by atoms with E-state index >= 15 is 0 Å². The van der Waals surface area contributed by atoms with Gasteiger partial charge in [-0.1, -0.05) is 25.5 Å². The van der Waals surface area contributed by atoms with Crippen molar-refractivity contribution < 1.29 is 4.42 Å². The maximum Gasteiger partial charge on any atom is 0.417 e. The van der Waals surface area contributed by atoms with Crippen LogP contribution in [0.2, 0.25) is 0 Å². The highest BCUT2D eigenvalue weighted by Crippen LogP contribution is 2.16. The van der Waals surface area contributed by atoms with Gasteiger partial charge in [-0.3, -0.25) is 4.98 Å². The number of H-pyrrole nitrogens is 1. The molecule has 1 aromatic heterocycles. The van der Waals surface area contributed by atoms with E-state index in [1.807, 2.05) is 18.2 Å². The molecule has 13 heavy (non-hydrogen) atoms. The fraction of sp³-hybridized carbons (Fsp3) is 0.300. The zero-order valence-corrected chi connectivity index (χ0v) is 7.46. The van der Waals surface area contributed by atoms with Crippen LogP contribution in [-0.4, -0.2) is 4.98 Å². The maximum absolute atomic E-state index is 10.9. The number of nitrogens with one attached hydrogen (secondary N) is 1. The minimum atomic E-state index is -0.376. The molecule has 0 atom stereocenters. The molecule has 1 N–H and O–H groups in total. The molecule has 0 radical (unpaired) electrons. The van der Waals surface area contributed by atoms with Crippen LogP contribution in [0.1, 0.15) is 18.9 Å². The first kappa shape index (κ1) is 8.10. The van der Waals surface area contributed by atoms with Crippen LogP contribution in [0.5, 0.6) is 0 Å². The predicted octanol–water partition coefficient (Wildman–Crippen LogP) is 2.07. The van der Waals surface area contributed by atoms with Gasteiger partial charge in [0.25, 0.3) is 0 Å². The number of oxazole rings is 1. The smallest absolute Gasteiger partial charge is 0.408 e. The Morgan fingerprint density at radius 1 is 1.46 bits per heavy atom. The van der Waals surface area contributed by atoms with E-state index in [-0.39, 0.29) is 5.76 Å². The Balaban J connectivity index is 2.67. The fourth-order valence-electron chi connectivity index (χ4n) is 1.50. The Bertz CT molecular complexity index is 467. The van der Waals surface area contributed by atoms with Crippen LogP contribution in [-0.2, 0) is 6.42 Å². The Morgan fingerprint density at radius 3 is 3.08 bits per heavy atom. The molecule has 0 saturated heterocycles. The van der Waals surface area contributed by atoms with Gasteiger partial charge in [-0.25, -0.2) is 4.79 Å². The standard InChI is InChI=1S/C10H11NO2/c1-2-4-7-5-3-6-8-9(7)13-10(12)11-8/h3,5-6H,2,4H2,1H3,(H,11,12). The van der Waals surface area contributed by atoms with E-state index in [0.717, 1.165) is 23.9 Å². The summed E-state index contributed by atoms with van der Waals surface area (Å²) in [7, 11) is 0. The minimum absolute atomic E-state index is 0.376. The molecule has 2 rings (SSSR count). The van der Waals surface area contributed by atoms with E-state index in [0.29, 0.717) is 5.58 Å². The Kier molecular flexibility index (Phi) is 1.93. The summed E-state index contributed by atoms with van der Waals surface area (Å²) >= 11 is 0. The molecule has 0 bridgehead atoms. The van der Waals surface area contributed by atoms with Crippen molar-refractivity contribution in [2.75, 3.05) is 0 Å². The second-order valence-corrected chi connectivity index (χ2v) is 3.06. The summed E-state index contributed by atoms with van der Waals surface area (Å²) in [6.45, 7) is 2.10. The van der Waals surface area contributed by atoms with Crippen LogP contribution in [0, 0.1) is 0 Å². The van der Waals surface area contributed by atoms with Crippen molar-refractivity contribution in [3.8, 4) is 0 Å². The lowest BCUT2D eigenvalue weighted by Gasteiger charge is -1.96. The summed E-state index contributed by atoms with van der Waals surface area (Å²) in [4.78, 5) is 13.6. The van der Waals surface area contributed by atoms with Crippen molar-refractivity contribution in [3.63, 3.8) is 0 Å². The molecule has 0 aliphatic rings. The lowest BCUT2D eigenvalue weighted by atomic mass is 10.1. The minimum Gasteiger partial charge on any atom is -0.408 e. The molecule has 1 aromatic carbocycles. The average Bonchev–Trinajstić information content (AvgIpc) is 2.47. The lowest BCUT2D eigenvalue weighted by molar-refractivity contribution is 0.551. The van der Waals surface area contributed by atoms with Gasteiger partial charge >= 0.3 is 5.76 Å². The number of para-hydroxylation sites is 1. The molecule has 0 fully saturated rings. The van der Waals surface area contributed by atoms with Gasteiger partial charge in [-0.05, 0) is 18.1 Å². The highest BCUT2D eigenvalue weighted by Gasteiger charge is 2.04. The first-order chi connectivity index (χ1) is 6.31. The second-order valence-electron chi connectivity index (χ2n) is 3.06. The molecule has 0 aliphatic carbocycles. The van der Waals surface area contributed by atoms with Gasteiger partial charge in [0.05, 0.1) is 5.52 Å². The second kappa shape index (κ2) is 3.09. The van der Waals surface area contributed by atoms with Gasteiger partial charge in [-0.15, -0.1) is 0 Å². The first-order valence-electron chi connectivity index (χ1n) is 4.42. The maximum atomic E-state index is 10.9. The summed E-state index contributed by atoms with van der Waals surface area (Å²) in [6.07, 6.45) is 1.99. The molecule has 0 unspecified atom stereocenters. The summed E-state index contributed by atoms with van der Waals surface area (Å²) in [5.41, 5.74) is 2.59. The third-order valence-corrected chi connectivity index (χ3v) is 2.05. The molecule has 3 nitrogen and oxygen atoms in total. The summed E-state index contributed by atoms with van der Waals surface area (Å²) < 4.78 is 5.04. The van der Waals surface area contributed by atoms with Crippen LogP contribution in [0.15, 0.2) is 27.4 Å². The monoisotopic (exact) mass is 177 g/mol. The van der Waals surface area contributed by atoms with Crippen LogP contribution < -0.4 is 5.76 Å². The molecule has 0 amide bonds. The number of aromatic nitrogens is 1. The largest absolute Gasteiger partial charge is 0.417 e. The van der Waals surface area contributed by atoms with E-state index < -0.39 is 0 Å². The summed E-state index contributed by atoms with van der Waals surface area (Å²) in [5, 5.41) is 0. The normalized spacial score (nSPS) is 10.8. The lowest BCUT2D eigenvalue weighted by Crippen LogP contribution is -1.92. The number of hydrogen-bond acceptors (Lipinski definition) is 2. The zero-order valence-electron chi connectivity index (χ0n) is 7.46. The van der Waals surface area contributed by atoms with E-state index in [4.69, 9.17) is 4.42 Å². The Morgan fingerprint density at radius 2 is 2.31 bits per heavy atom. The molecule has 0 aliphatic heterocycles. The quantitative estimate of drug-likeness (QED) is 0.763. The van der Waals surface area contributed by atoms with Crippen molar-refractivity contribution in [1.82, 2.24) is 4.98 Å². The SMILES string of the molecule is CCCc1cccc2[nH]c(=O)oc12. The molecule has 2 aromatic rings. The molecule has 68 valence electrons. The van der Waals surface area contributed by atoms with Crippen LogP contribution >= 0.6 is 0 Å². The fourth-order valence-corrected chi connectivity index (χ4v) is 1.50. The van der Waals surface area contributed by atoms with Crippen LogP contribution in [0.4, 0.5) is 0 Å². The molecule has 0 spiro atoms. The van der Waals surface area contributed by atoms with Crippen molar-refractivity contribution in [3.05, 3.63) is 34.3 Å². The van der Waals surface area contributed by atoms with Gasteiger partial charge in [-0.2, -0.15) is 0 Å². The number of rotatable bonds is 2. The Labute approximate surface area is 75.4 Å². The first-order valence-corrected chi connectivity index (χ1v) is 4.42. The van der Waals surface area contributed by atoms with E-state index in [2.05, 4.69) is 11.9 Å². The van der Waals surface area contributed by atoms with E-state index in [1.165, 1.54) is 0 Å². The number of benzene rings is 1. The third-order valence-electron chi connectivity index (χ3n) is 2.05. The van der Waals surface area contributed by atoms with Gasteiger partial charge < -0.3 is 4.42 Å². The van der Waals surface area contributed by atoms with Gasteiger partial charge in [0.1, 0.15) is 0 Å². The van der Waals surface area contributed by atoms with Gasteiger partial charge in [0.2, 0.25) is 0 Å². The molecule has 0 saturated carbocycles. The van der Waals surface area contributed by atoms with Crippen LogP contribution in [0.25, 0.3) is 11.1 Å². The van der Waals surface area contributed by atoms with Crippen molar-refractivity contribution in [1.29, 1.82) is 0 Å². The van der Waals surface area contributed by atoms with Gasteiger partial charge in [0.15, 0.2) is 5.58 Å². The summed E-state index contributed by atoms with van der Waals surface area (Å²) in [6, 6.07) is 5.76. The predicted molar refractivity (Wildman–Crippen MR) is 50.8 cm³/mol. The van der Waals surface area contributed by atoms with Crippen LogP contribution in [0.3, 0.4) is 0 Å². The zero-order chi connectivity index (χ0) is 9.26. The third kappa shape index (κ3) is 1.37. The number of aryl methyl sites for hydroxylation is 1. The van der Waals surface area contributed by atoms with Gasteiger partial charge in [0, 0.05) is 0 Å². The topological polar surface area (TPSA) is 46.0 Å². The average molecular weight is 177 g/mol. The van der Waals surface area contributed by atoms with Crippen molar-refractivity contribution in [2.45, 2.75) is 19.8 Å². The molecule has 1 heterocycles. The number of fused-ring (bicyclic) bond motifs is 1. The summed E-state index contributed by atoms with van der Waals surface area (Å²) in [5.74, 6) is -0.376. The van der Waals surface area contributed by atoms with E-state index in [1.54, 1.807) is 0 Å². The molecular weight excluding hydrogens is 166 g/mol. The number of aromatic amines is 1. The Hall–Kier alpha value is -1.51. The highest BCUT2D eigenvalue weighted by atomic mass is 16.4. The molecule has 3 heteroatoms. The van der Waals surface area contributed by atoms with E-state index in [9.17, 15) is 4.79 Å². The van der Waals surface area contributed by atoms with Crippen molar-refractivity contribution in [2.24, 2.45) is 0 Å². The highest BCUT2D eigenvalue weighted by molar-refractivity contribution is 5.75. The number of hydrogen-bond donors (Lipinski definition) is 1. The van der Waals surface area contributed by atoms with Crippen molar-refractivity contribution >= 4 is 11.1 Å². The molecular formula is C10H11NO2.